The van der Waals surface area contributed by atoms with Gasteiger partial charge >= 0.3 is 0 Å². The Morgan fingerprint density at radius 3 is 2.14 bits per heavy atom. The van der Waals surface area contributed by atoms with Gasteiger partial charge in [0.15, 0.2) is 0 Å². The summed E-state index contributed by atoms with van der Waals surface area (Å²) in [6.07, 6.45) is 2.17. The van der Waals surface area contributed by atoms with E-state index in [1.807, 2.05) is 0 Å². The normalized spacial score (nSPS) is 12.1. The molecule has 1 rings (SSSR count). The fourth-order valence-electron chi connectivity index (χ4n) is 2.32. The van der Waals surface area contributed by atoms with Crippen LogP contribution in [-0.4, -0.2) is 31.5 Å². The van der Waals surface area contributed by atoms with E-state index in [1.165, 1.54) is 0 Å². The van der Waals surface area contributed by atoms with Crippen molar-refractivity contribution in [2.24, 2.45) is 5.92 Å². The van der Waals surface area contributed by atoms with E-state index in [2.05, 4.69) is 35.1 Å². The average molecular weight is 358 g/mol. The number of ether oxygens (including phenoxy) is 2. The molecule has 0 aliphatic rings. The summed E-state index contributed by atoms with van der Waals surface area (Å²) in [5, 5.41) is 2.95. The van der Waals surface area contributed by atoms with Crippen LogP contribution in [-0.2, 0) is 0 Å². The van der Waals surface area contributed by atoms with Crippen LogP contribution in [0.3, 0.4) is 0 Å². The topological polar surface area (TPSA) is 47.6 Å². The fourth-order valence-corrected chi connectivity index (χ4v) is 3.23. The zero-order valence-electron chi connectivity index (χ0n) is 13.1. The molecule has 0 saturated heterocycles. The van der Waals surface area contributed by atoms with Crippen molar-refractivity contribution in [2.75, 3.05) is 20.8 Å². The molecule has 1 unspecified atom stereocenters. The number of carbonyl (C=O) groups is 1. The van der Waals surface area contributed by atoms with E-state index in [1.54, 1.807) is 32.4 Å². The smallest absolute Gasteiger partial charge is 0.258 e. The number of hydrogen-bond donors (Lipinski definition) is 1. The third-order valence-corrected chi connectivity index (χ3v) is 4.74. The maximum absolute atomic E-state index is 12.4. The molecule has 0 aliphatic carbocycles. The first-order valence-electron chi connectivity index (χ1n) is 7.22. The standard InChI is InChI=1S/C16H24BrNO3/c1-5-11(6-2)12(17)10-18-16(19)15-13(20-3)8-7-9-14(15)21-4/h7-9,11-12H,5-6,10H2,1-4H3,(H,18,19). The number of benzene rings is 1. The highest BCUT2D eigenvalue weighted by molar-refractivity contribution is 9.09. The summed E-state index contributed by atoms with van der Waals surface area (Å²) >= 11 is 3.66. The second-order valence-corrected chi connectivity index (χ2v) is 6.02. The number of halogens is 1. The molecule has 1 N–H and O–H groups in total. The quantitative estimate of drug-likeness (QED) is 0.722. The van der Waals surface area contributed by atoms with Crippen LogP contribution < -0.4 is 14.8 Å². The molecule has 0 bridgehead atoms. The largest absolute Gasteiger partial charge is 0.496 e. The minimum Gasteiger partial charge on any atom is -0.496 e. The molecule has 0 heterocycles. The lowest BCUT2D eigenvalue weighted by Gasteiger charge is -2.20. The maximum atomic E-state index is 12.4. The summed E-state index contributed by atoms with van der Waals surface area (Å²) in [6, 6.07) is 5.31. The molecule has 118 valence electrons. The Labute approximate surface area is 135 Å². The number of nitrogens with one attached hydrogen (secondary N) is 1. The molecule has 1 atom stereocenters. The highest BCUT2D eigenvalue weighted by Gasteiger charge is 2.20. The zero-order chi connectivity index (χ0) is 15.8. The lowest BCUT2D eigenvalue weighted by Crippen LogP contribution is -2.33. The number of amides is 1. The summed E-state index contributed by atoms with van der Waals surface area (Å²) in [5.41, 5.74) is 0.437. The van der Waals surface area contributed by atoms with E-state index in [-0.39, 0.29) is 10.7 Å². The molecule has 0 saturated carbocycles. The van der Waals surface area contributed by atoms with Gasteiger partial charge in [-0.2, -0.15) is 0 Å². The second-order valence-electron chi connectivity index (χ2n) is 4.84. The molecule has 1 aromatic carbocycles. The molecule has 0 fully saturated rings. The Morgan fingerprint density at radius 2 is 1.71 bits per heavy atom. The van der Waals surface area contributed by atoms with Crippen LogP contribution in [0.2, 0.25) is 0 Å². The number of alkyl halides is 1. The SMILES string of the molecule is CCC(CC)C(Br)CNC(=O)c1c(OC)cccc1OC. The van der Waals surface area contributed by atoms with Crippen molar-refractivity contribution < 1.29 is 14.3 Å². The monoisotopic (exact) mass is 357 g/mol. The minimum absolute atomic E-state index is 0.181. The van der Waals surface area contributed by atoms with Crippen molar-refractivity contribution >= 4 is 21.8 Å². The number of rotatable bonds is 8. The lowest BCUT2D eigenvalue weighted by atomic mass is 9.99. The van der Waals surface area contributed by atoms with E-state index in [9.17, 15) is 4.79 Å². The first kappa shape index (κ1) is 17.8. The highest BCUT2D eigenvalue weighted by atomic mass is 79.9. The van der Waals surface area contributed by atoms with Gasteiger partial charge in [0.1, 0.15) is 17.1 Å². The van der Waals surface area contributed by atoms with Gasteiger partial charge in [0.25, 0.3) is 5.91 Å². The third-order valence-electron chi connectivity index (χ3n) is 3.67. The average Bonchev–Trinajstić information content (AvgIpc) is 2.52. The molecule has 0 aliphatic heterocycles. The summed E-state index contributed by atoms with van der Waals surface area (Å²) in [4.78, 5) is 12.7. The van der Waals surface area contributed by atoms with Gasteiger partial charge in [-0.15, -0.1) is 0 Å². The van der Waals surface area contributed by atoms with Gasteiger partial charge in [-0.1, -0.05) is 48.7 Å². The Balaban J connectivity index is 2.80. The molecular formula is C16H24BrNO3. The van der Waals surface area contributed by atoms with Crippen molar-refractivity contribution in [1.29, 1.82) is 0 Å². The van der Waals surface area contributed by atoms with E-state index >= 15 is 0 Å². The molecule has 0 radical (unpaired) electrons. The van der Waals surface area contributed by atoms with Crippen LogP contribution in [0.4, 0.5) is 0 Å². The van der Waals surface area contributed by atoms with E-state index < -0.39 is 0 Å². The predicted octanol–water partition coefficient (Wildman–Crippen LogP) is 3.63. The maximum Gasteiger partial charge on any atom is 0.258 e. The van der Waals surface area contributed by atoms with E-state index in [0.717, 1.165) is 12.8 Å². The molecule has 0 aromatic heterocycles. The summed E-state index contributed by atoms with van der Waals surface area (Å²) in [6.45, 7) is 4.90. The molecule has 4 nitrogen and oxygen atoms in total. The van der Waals surface area contributed by atoms with Gasteiger partial charge in [0.05, 0.1) is 14.2 Å². The zero-order valence-corrected chi connectivity index (χ0v) is 14.7. The Hall–Kier alpha value is -1.23. The van der Waals surface area contributed by atoms with E-state index in [0.29, 0.717) is 29.5 Å². The van der Waals surface area contributed by atoms with Gasteiger partial charge in [0.2, 0.25) is 0 Å². The van der Waals surface area contributed by atoms with Crippen molar-refractivity contribution in [2.45, 2.75) is 31.5 Å². The summed E-state index contributed by atoms with van der Waals surface area (Å²) < 4.78 is 10.5. The van der Waals surface area contributed by atoms with Gasteiger partial charge in [0, 0.05) is 11.4 Å². The fraction of sp³-hybridized carbons (Fsp3) is 0.562. The first-order valence-corrected chi connectivity index (χ1v) is 8.13. The van der Waals surface area contributed by atoms with Gasteiger partial charge < -0.3 is 14.8 Å². The summed E-state index contributed by atoms with van der Waals surface area (Å²) in [7, 11) is 3.09. The van der Waals surface area contributed by atoms with Crippen LogP contribution in [0.5, 0.6) is 11.5 Å². The Bertz CT molecular complexity index is 439. The van der Waals surface area contributed by atoms with Crippen LogP contribution in [0.1, 0.15) is 37.0 Å². The molecule has 1 amide bonds. The second kappa shape index (κ2) is 8.93. The molecule has 21 heavy (non-hydrogen) atoms. The minimum atomic E-state index is -0.181. The summed E-state index contributed by atoms with van der Waals surface area (Å²) in [5.74, 6) is 1.39. The first-order chi connectivity index (χ1) is 10.1. The van der Waals surface area contributed by atoms with Crippen molar-refractivity contribution in [3.05, 3.63) is 23.8 Å². The van der Waals surface area contributed by atoms with Crippen molar-refractivity contribution in [3.8, 4) is 11.5 Å². The van der Waals surface area contributed by atoms with Gasteiger partial charge in [-0.25, -0.2) is 0 Å². The number of methoxy groups -OCH3 is 2. The Kier molecular flexibility index (Phi) is 7.57. The highest BCUT2D eigenvalue weighted by Crippen LogP contribution is 2.28. The predicted molar refractivity (Wildman–Crippen MR) is 88.7 cm³/mol. The van der Waals surface area contributed by atoms with Crippen LogP contribution >= 0.6 is 15.9 Å². The lowest BCUT2D eigenvalue weighted by molar-refractivity contribution is 0.0946. The number of hydrogen-bond acceptors (Lipinski definition) is 3. The Morgan fingerprint density at radius 1 is 1.19 bits per heavy atom. The van der Waals surface area contributed by atoms with Gasteiger partial charge in [-0.3, -0.25) is 4.79 Å². The van der Waals surface area contributed by atoms with Crippen molar-refractivity contribution in [3.63, 3.8) is 0 Å². The third kappa shape index (κ3) is 4.63. The van der Waals surface area contributed by atoms with Crippen LogP contribution in [0.15, 0.2) is 18.2 Å². The molecule has 0 spiro atoms. The van der Waals surface area contributed by atoms with Crippen molar-refractivity contribution in [1.82, 2.24) is 5.32 Å². The van der Waals surface area contributed by atoms with Crippen LogP contribution in [0.25, 0.3) is 0 Å². The molecular weight excluding hydrogens is 334 g/mol. The van der Waals surface area contributed by atoms with E-state index in [4.69, 9.17) is 9.47 Å². The van der Waals surface area contributed by atoms with Crippen LogP contribution in [0, 0.1) is 5.92 Å². The number of carbonyl (C=O) groups excluding carboxylic acids is 1. The molecule has 5 heteroatoms. The van der Waals surface area contributed by atoms with Gasteiger partial charge in [-0.05, 0) is 18.1 Å². The molecule has 1 aromatic rings.